The van der Waals surface area contributed by atoms with Crippen molar-refractivity contribution in [3.8, 4) is 0 Å². The number of ether oxygens (including phenoxy) is 2. The molecule has 8 nitrogen and oxygen atoms in total. The van der Waals surface area contributed by atoms with Crippen molar-refractivity contribution in [2.75, 3.05) is 31.6 Å². The van der Waals surface area contributed by atoms with Gasteiger partial charge in [-0.1, -0.05) is 0 Å². The second kappa shape index (κ2) is 6.81. The van der Waals surface area contributed by atoms with Crippen molar-refractivity contribution in [1.82, 2.24) is 14.9 Å². The first-order chi connectivity index (χ1) is 12.2. The minimum atomic E-state index is -0.488. The third-order valence-electron chi connectivity index (χ3n) is 4.50. The molecular weight excluding hydrogens is 324 g/mol. The highest BCUT2D eigenvalue weighted by Crippen LogP contribution is 2.31. The average Bonchev–Trinajstić information content (AvgIpc) is 3.33. The normalized spacial score (nSPS) is 19.3. The van der Waals surface area contributed by atoms with Crippen molar-refractivity contribution in [3.05, 3.63) is 42.1 Å². The predicted molar refractivity (Wildman–Crippen MR) is 87.8 cm³/mol. The van der Waals surface area contributed by atoms with E-state index in [1.54, 1.807) is 23.4 Å². The number of carbonyl (C=O) groups excluding carboxylic acids is 1. The van der Waals surface area contributed by atoms with Gasteiger partial charge < -0.3 is 24.1 Å². The lowest BCUT2D eigenvalue weighted by atomic mass is 10.0. The second-order valence-corrected chi connectivity index (χ2v) is 6.10. The number of nitrogens with one attached hydrogen (secondary N) is 1. The monoisotopic (exact) mass is 344 g/mol. The van der Waals surface area contributed by atoms with Crippen LogP contribution < -0.4 is 5.32 Å². The highest BCUT2D eigenvalue weighted by Gasteiger charge is 2.41. The van der Waals surface area contributed by atoms with Gasteiger partial charge in [-0.2, -0.15) is 0 Å². The number of amides is 1. The van der Waals surface area contributed by atoms with Gasteiger partial charge in [0.05, 0.1) is 26.0 Å². The zero-order valence-corrected chi connectivity index (χ0v) is 13.8. The Kier molecular flexibility index (Phi) is 4.37. The molecule has 0 atom stereocenters. The molecule has 1 spiro atoms. The summed E-state index contributed by atoms with van der Waals surface area (Å²) in [5.41, 5.74) is 0.376. The number of hydrogen-bond acceptors (Lipinski definition) is 7. The zero-order chi connectivity index (χ0) is 17.1. The molecular formula is C17H20N4O4. The summed E-state index contributed by atoms with van der Waals surface area (Å²) in [6, 6.07) is 5.31. The summed E-state index contributed by atoms with van der Waals surface area (Å²) in [5.74, 6) is 0.589. The molecule has 1 N–H and O–H groups in total. The van der Waals surface area contributed by atoms with Crippen LogP contribution in [0.4, 0.5) is 5.95 Å². The molecule has 8 heteroatoms. The SMILES string of the molecule is O=C(c1ccnc(NCc2ccco2)n1)N1CCC2(CC1)OCCO2. The van der Waals surface area contributed by atoms with Gasteiger partial charge in [0.2, 0.25) is 5.95 Å². The fraction of sp³-hybridized carbons (Fsp3) is 0.471. The van der Waals surface area contributed by atoms with Crippen molar-refractivity contribution < 1.29 is 18.7 Å². The molecule has 0 aliphatic carbocycles. The largest absolute Gasteiger partial charge is 0.467 e. The van der Waals surface area contributed by atoms with Crippen molar-refractivity contribution in [2.45, 2.75) is 25.2 Å². The molecule has 2 saturated heterocycles. The number of piperidine rings is 1. The number of nitrogens with zero attached hydrogens (tertiary/aromatic N) is 3. The smallest absolute Gasteiger partial charge is 0.272 e. The maximum absolute atomic E-state index is 12.7. The van der Waals surface area contributed by atoms with Crippen molar-refractivity contribution in [2.24, 2.45) is 0 Å². The zero-order valence-electron chi connectivity index (χ0n) is 13.8. The Balaban J connectivity index is 1.38. The van der Waals surface area contributed by atoms with Gasteiger partial charge >= 0.3 is 0 Å². The number of anilines is 1. The van der Waals surface area contributed by atoms with Crippen molar-refractivity contribution in [1.29, 1.82) is 0 Å². The van der Waals surface area contributed by atoms with E-state index in [0.717, 1.165) is 5.76 Å². The fourth-order valence-electron chi connectivity index (χ4n) is 3.14. The summed E-state index contributed by atoms with van der Waals surface area (Å²) in [7, 11) is 0. The molecule has 0 unspecified atom stereocenters. The van der Waals surface area contributed by atoms with E-state index in [9.17, 15) is 4.79 Å². The third-order valence-corrected chi connectivity index (χ3v) is 4.50. The highest BCUT2D eigenvalue weighted by atomic mass is 16.7. The quantitative estimate of drug-likeness (QED) is 0.902. The van der Waals surface area contributed by atoms with Crippen LogP contribution in [-0.2, 0) is 16.0 Å². The highest BCUT2D eigenvalue weighted by molar-refractivity contribution is 5.92. The number of aromatic nitrogens is 2. The van der Waals surface area contributed by atoms with E-state index in [4.69, 9.17) is 13.9 Å². The topological polar surface area (TPSA) is 89.7 Å². The lowest BCUT2D eigenvalue weighted by Gasteiger charge is -2.37. The van der Waals surface area contributed by atoms with Gasteiger partial charge in [-0.25, -0.2) is 9.97 Å². The summed E-state index contributed by atoms with van der Waals surface area (Å²) < 4.78 is 16.7. The van der Waals surface area contributed by atoms with Crippen molar-refractivity contribution in [3.63, 3.8) is 0 Å². The number of likely N-dealkylation sites (tertiary alicyclic amines) is 1. The Morgan fingerprint density at radius 2 is 2.04 bits per heavy atom. The first-order valence-corrected chi connectivity index (χ1v) is 8.41. The molecule has 0 radical (unpaired) electrons. The molecule has 2 aromatic heterocycles. The molecule has 25 heavy (non-hydrogen) atoms. The lowest BCUT2D eigenvalue weighted by Crippen LogP contribution is -2.47. The first-order valence-electron chi connectivity index (χ1n) is 8.41. The minimum Gasteiger partial charge on any atom is -0.467 e. The van der Waals surface area contributed by atoms with Crippen LogP contribution in [0.2, 0.25) is 0 Å². The number of hydrogen-bond donors (Lipinski definition) is 1. The maximum atomic E-state index is 12.7. The summed E-state index contributed by atoms with van der Waals surface area (Å²) in [6.07, 6.45) is 4.57. The number of carbonyl (C=O) groups is 1. The van der Waals surface area contributed by atoms with Gasteiger partial charge in [-0.05, 0) is 18.2 Å². The van der Waals surface area contributed by atoms with Crippen LogP contribution in [0.15, 0.2) is 35.1 Å². The molecule has 2 aromatic rings. The van der Waals surface area contributed by atoms with Crippen LogP contribution in [-0.4, -0.2) is 52.9 Å². The predicted octanol–water partition coefficient (Wildman–Crippen LogP) is 1.66. The van der Waals surface area contributed by atoms with Gasteiger partial charge in [0.25, 0.3) is 5.91 Å². The van der Waals surface area contributed by atoms with Crippen molar-refractivity contribution >= 4 is 11.9 Å². The first kappa shape index (κ1) is 16.0. The van der Waals surface area contributed by atoms with Crippen LogP contribution in [0, 0.1) is 0 Å². The Morgan fingerprint density at radius 3 is 2.76 bits per heavy atom. The van der Waals surface area contributed by atoms with E-state index in [1.807, 2.05) is 12.1 Å². The Bertz CT molecular complexity index is 718. The molecule has 4 rings (SSSR count). The lowest BCUT2D eigenvalue weighted by molar-refractivity contribution is -0.181. The van der Waals surface area contributed by atoms with Crippen LogP contribution >= 0.6 is 0 Å². The van der Waals surface area contributed by atoms with E-state index in [1.165, 1.54) is 0 Å². The van der Waals surface area contributed by atoms with Crippen LogP contribution in [0.3, 0.4) is 0 Å². The van der Waals surface area contributed by atoms with Crippen LogP contribution in [0.25, 0.3) is 0 Å². The molecule has 2 fully saturated rings. The summed E-state index contributed by atoms with van der Waals surface area (Å²) in [4.78, 5) is 23.0. The molecule has 4 heterocycles. The molecule has 0 bridgehead atoms. The van der Waals surface area contributed by atoms with E-state index >= 15 is 0 Å². The fourth-order valence-corrected chi connectivity index (χ4v) is 3.14. The van der Waals surface area contributed by atoms with Crippen LogP contribution in [0.1, 0.15) is 29.1 Å². The number of furan rings is 1. The van der Waals surface area contributed by atoms with E-state index < -0.39 is 5.79 Å². The summed E-state index contributed by atoms with van der Waals surface area (Å²) >= 11 is 0. The van der Waals surface area contributed by atoms with E-state index in [2.05, 4.69) is 15.3 Å². The molecule has 2 aliphatic rings. The van der Waals surface area contributed by atoms with E-state index in [0.29, 0.717) is 57.3 Å². The van der Waals surface area contributed by atoms with Gasteiger partial charge in [-0.15, -0.1) is 0 Å². The minimum absolute atomic E-state index is 0.101. The third kappa shape index (κ3) is 3.49. The summed E-state index contributed by atoms with van der Waals surface area (Å²) in [5, 5.41) is 3.06. The Morgan fingerprint density at radius 1 is 1.24 bits per heavy atom. The average molecular weight is 344 g/mol. The van der Waals surface area contributed by atoms with Gasteiger partial charge in [0.1, 0.15) is 11.5 Å². The maximum Gasteiger partial charge on any atom is 0.272 e. The molecule has 1 amide bonds. The Labute approximate surface area is 145 Å². The number of rotatable bonds is 4. The van der Waals surface area contributed by atoms with E-state index in [-0.39, 0.29) is 5.91 Å². The van der Waals surface area contributed by atoms with Gasteiger partial charge in [0.15, 0.2) is 5.79 Å². The standard InChI is InChI=1S/C17H20N4O4/c22-15(21-7-4-17(5-8-21)24-10-11-25-17)14-3-6-18-16(20-14)19-12-13-2-1-9-23-13/h1-3,6,9H,4-5,7-8,10-12H2,(H,18,19,20). The van der Waals surface area contributed by atoms with Gasteiger partial charge in [-0.3, -0.25) is 4.79 Å². The van der Waals surface area contributed by atoms with Gasteiger partial charge in [0, 0.05) is 32.1 Å². The molecule has 132 valence electrons. The molecule has 2 aliphatic heterocycles. The van der Waals surface area contributed by atoms with Crippen LogP contribution in [0.5, 0.6) is 0 Å². The Hall–Kier alpha value is -2.45. The molecule has 0 aromatic carbocycles. The second-order valence-electron chi connectivity index (χ2n) is 6.10. The molecule has 0 saturated carbocycles. The summed E-state index contributed by atoms with van der Waals surface area (Å²) in [6.45, 7) is 2.91.